The Kier molecular flexibility index (Phi) is 6.15. The fraction of sp³-hybridized carbons (Fsp3) is 0.250. The lowest BCUT2D eigenvalue weighted by Crippen LogP contribution is -2.13. The second-order valence-electron chi connectivity index (χ2n) is 4.58. The minimum absolute atomic E-state index is 0.160. The summed E-state index contributed by atoms with van der Waals surface area (Å²) in [4.78, 5) is 0. The van der Waals surface area contributed by atoms with Gasteiger partial charge in [0.05, 0.1) is 7.11 Å². The molecule has 0 bridgehead atoms. The first kappa shape index (κ1) is 16.7. The Morgan fingerprint density at radius 3 is 2.45 bits per heavy atom. The molecule has 3 nitrogen and oxygen atoms in total. The summed E-state index contributed by atoms with van der Waals surface area (Å²) in [5.41, 5.74) is 2.02. The van der Waals surface area contributed by atoms with E-state index in [-0.39, 0.29) is 5.75 Å². The van der Waals surface area contributed by atoms with Crippen LogP contribution in [0.3, 0.4) is 0 Å². The number of rotatable bonds is 7. The molecule has 0 spiro atoms. The van der Waals surface area contributed by atoms with Crippen LogP contribution < -0.4 is 14.8 Å². The van der Waals surface area contributed by atoms with Crippen molar-refractivity contribution in [2.75, 3.05) is 7.11 Å². The number of halogens is 3. The summed E-state index contributed by atoms with van der Waals surface area (Å²) in [5.74, 6) is 0.976. The molecule has 22 heavy (non-hydrogen) atoms. The minimum Gasteiger partial charge on any atom is -0.496 e. The van der Waals surface area contributed by atoms with E-state index in [0.717, 1.165) is 21.3 Å². The molecule has 0 saturated heterocycles. The predicted octanol–water partition coefficient (Wildman–Crippen LogP) is 4.35. The molecule has 0 saturated carbocycles. The van der Waals surface area contributed by atoms with Crippen molar-refractivity contribution in [3.05, 3.63) is 58.1 Å². The van der Waals surface area contributed by atoms with E-state index in [4.69, 9.17) is 4.74 Å². The summed E-state index contributed by atoms with van der Waals surface area (Å²) in [6, 6.07) is 12.4. The molecule has 2 rings (SSSR count). The highest BCUT2D eigenvalue weighted by atomic mass is 79.9. The molecule has 0 heterocycles. The molecule has 2 aromatic carbocycles. The Balaban J connectivity index is 1.89. The van der Waals surface area contributed by atoms with Gasteiger partial charge in [-0.2, -0.15) is 8.78 Å². The van der Waals surface area contributed by atoms with Gasteiger partial charge in [-0.15, -0.1) is 0 Å². The highest BCUT2D eigenvalue weighted by molar-refractivity contribution is 9.10. The summed E-state index contributed by atoms with van der Waals surface area (Å²) in [6.45, 7) is -1.55. The first-order valence-electron chi connectivity index (χ1n) is 6.65. The predicted molar refractivity (Wildman–Crippen MR) is 84.3 cm³/mol. The lowest BCUT2D eigenvalue weighted by atomic mass is 10.2. The molecule has 0 aliphatic heterocycles. The lowest BCUT2D eigenvalue weighted by molar-refractivity contribution is -0.0498. The van der Waals surface area contributed by atoms with Crippen molar-refractivity contribution in [1.29, 1.82) is 0 Å². The number of benzene rings is 2. The zero-order valence-electron chi connectivity index (χ0n) is 12.0. The SMILES string of the molecule is COc1ccc(Br)cc1CNCc1ccc(OC(F)F)cc1. The number of nitrogens with one attached hydrogen (secondary N) is 1. The molecule has 0 aromatic heterocycles. The normalized spacial score (nSPS) is 10.8. The maximum absolute atomic E-state index is 12.1. The smallest absolute Gasteiger partial charge is 0.387 e. The van der Waals surface area contributed by atoms with Gasteiger partial charge in [-0.3, -0.25) is 0 Å². The summed E-state index contributed by atoms with van der Waals surface area (Å²) in [6.07, 6.45) is 0. The van der Waals surface area contributed by atoms with E-state index in [9.17, 15) is 8.78 Å². The molecule has 1 N–H and O–H groups in total. The maximum Gasteiger partial charge on any atom is 0.387 e. The number of hydrogen-bond donors (Lipinski definition) is 1. The van der Waals surface area contributed by atoms with Crippen molar-refractivity contribution in [2.45, 2.75) is 19.7 Å². The quantitative estimate of drug-likeness (QED) is 0.784. The molecule has 118 valence electrons. The van der Waals surface area contributed by atoms with E-state index < -0.39 is 6.61 Å². The van der Waals surface area contributed by atoms with Crippen LogP contribution in [0.5, 0.6) is 11.5 Å². The Morgan fingerprint density at radius 2 is 1.82 bits per heavy atom. The van der Waals surface area contributed by atoms with Gasteiger partial charge < -0.3 is 14.8 Å². The van der Waals surface area contributed by atoms with Gasteiger partial charge in [0.25, 0.3) is 0 Å². The van der Waals surface area contributed by atoms with Gasteiger partial charge in [0, 0.05) is 23.1 Å². The standard InChI is InChI=1S/C16H16BrF2NO2/c1-21-15-7-4-13(17)8-12(15)10-20-9-11-2-5-14(6-3-11)22-16(18)19/h2-8,16,20H,9-10H2,1H3. The third-order valence-electron chi connectivity index (χ3n) is 3.04. The molecule has 2 aromatic rings. The van der Waals surface area contributed by atoms with Gasteiger partial charge in [-0.25, -0.2) is 0 Å². The van der Waals surface area contributed by atoms with Crippen molar-refractivity contribution >= 4 is 15.9 Å². The van der Waals surface area contributed by atoms with Crippen molar-refractivity contribution in [3.63, 3.8) is 0 Å². The Morgan fingerprint density at radius 1 is 1.09 bits per heavy atom. The van der Waals surface area contributed by atoms with Crippen LogP contribution in [0.2, 0.25) is 0 Å². The van der Waals surface area contributed by atoms with Gasteiger partial charge in [-0.1, -0.05) is 28.1 Å². The second kappa shape index (κ2) is 8.10. The van der Waals surface area contributed by atoms with E-state index in [0.29, 0.717) is 13.1 Å². The summed E-state index contributed by atoms with van der Waals surface area (Å²) < 4.78 is 34.7. The number of alkyl halides is 2. The monoisotopic (exact) mass is 371 g/mol. The van der Waals surface area contributed by atoms with Gasteiger partial charge in [-0.05, 0) is 35.9 Å². The zero-order chi connectivity index (χ0) is 15.9. The zero-order valence-corrected chi connectivity index (χ0v) is 13.6. The third kappa shape index (κ3) is 4.96. The van der Waals surface area contributed by atoms with Gasteiger partial charge in [0.1, 0.15) is 11.5 Å². The molecular weight excluding hydrogens is 356 g/mol. The van der Waals surface area contributed by atoms with Crippen LogP contribution in [-0.2, 0) is 13.1 Å². The maximum atomic E-state index is 12.1. The van der Waals surface area contributed by atoms with Crippen LogP contribution in [0.25, 0.3) is 0 Å². The minimum atomic E-state index is -2.80. The Labute approximate surface area is 136 Å². The molecule has 6 heteroatoms. The average molecular weight is 372 g/mol. The average Bonchev–Trinajstić information content (AvgIpc) is 2.49. The van der Waals surface area contributed by atoms with Crippen LogP contribution in [0.4, 0.5) is 8.78 Å². The Hall–Kier alpha value is -1.66. The van der Waals surface area contributed by atoms with Gasteiger partial charge in [0.2, 0.25) is 0 Å². The van der Waals surface area contributed by atoms with Gasteiger partial charge >= 0.3 is 6.61 Å². The molecule has 0 amide bonds. The number of methoxy groups -OCH3 is 1. The van der Waals surface area contributed by atoms with Gasteiger partial charge in [0.15, 0.2) is 0 Å². The van der Waals surface area contributed by atoms with E-state index >= 15 is 0 Å². The fourth-order valence-corrected chi connectivity index (χ4v) is 2.42. The lowest BCUT2D eigenvalue weighted by Gasteiger charge is -2.11. The molecule has 0 aliphatic rings. The van der Waals surface area contributed by atoms with Crippen LogP contribution in [-0.4, -0.2) is 13.7 Å². The molecule has 0 aliphatic carbocycles. The summed E-state index contributed by atoms with van der Waals surface area (Å²) in [7, 11) is 1.63. The highest BCUT2D eigenvalue weighted by Crippen LogP contribution is 2.23. The van der Waals surface area contributed by atoms with Crippen molar-refractivity contribution in [2.24, 2.45) is 0 Å². The number of ether oxygens (including phenoxy) is 2. The van der Waals surface area contributed by atoms with Crippen molar-refractivity contribution in [1.82, 2.24) is 5.32 Å². The molecule has 0 radical (unpaired) electrons. The first-order chi connectivity index (χ1) is 10.6. The van der Waals surface area contributed by atoms with Crippen LogP contribution in [0.1, 0.15) is 11.1 Å². The molecule has 0 atom stereocenters. The third-order valence-corrected chi connectivity index (χ3v) is 3.53. The molecular formula is C16H16BrF2NO2. The van der Waals surface area contributed by atoms with Crippen molar-refractivity contribution < 1.29 is 18.3 Å². The first-order valence-corrected chi connectivity index (χ1v) is 7.44. The van der Waals surface area contributed by atoms with Crippen LogP contribution in [0.15, 0.2) is 46.9 Å². The van der Waals surface area contributed by atoms with Crippen LogP contribution >= 0.6 is 15.9 Å². The molecule has 0 unspecified atom stereocenters. The van der Waals surface area contributed by atoms with E-state index in [1.165, 1.54) is 12.1 Å². The number of hydrogen-bond acceptors (Lipinski definition) is 3. The van der Waals surface area contributed by atoms with Crippen molar-refractivity contribution in [3.8, 4) is 11.5 Å². The summed E-state index contributed by atoms with van der Waals surface area (Å²) >= 11 is 3.43. The summed E-state index contributed by atoms with van der Waals surface area (Å²) in [5, 5.41) is 3.29. The Bertz CT molecular complexity index is 606. The van der Waals surface area contributed by atoms with Crippen LogP contribution in [0, 0.1) is 0 Å². The fourth-order valence-electron chi connectivity index (χ4n) is 2.02. The largest absolute Gasteiger partial charge is 0.496 e. The van der Waals surface area contributed by atoms with E-state index in [2.05, 4.69) is 26.0 Å². The second-order valence-corrected chi connectivity index (χ2v) is 5.50. The van der Waals surface area contributed by atoms with E-state index in [1.54, 1.807) is 19.2 Å². The highest BCUT2D eigenvalue weighted by Gasteiger charge is 2.05. The topological polar surface area (TPSA) is 30.5 Å². The van der Waals surface area contributed by atoms with E-state index in [1.807, 2.05) is 18.2 Å². The molecule has 0 fully saturated rings.